The van der Waals surface area contributed by atoms with Crippen molar-refractivity contribution in [3.8, 4) is 0 Å². The first kappa shape index (κ1) is 16.0. The second-order valence-electron chi connectivity index (χ2n) is 4.68. The summed E-state index contributed by atoms with van der Waals surface area (Å²) >= 11 is 0. The first-order valence-electron chi connectivity index (χ1n) is 7.00. The third kappa shape index (κ3) is 5.30. The maximum absolute atomic E-state index is 12.3. The SMILES string of the molecule is CCCCCC(=O)N(CC/C(N)=N/O)c1ccccc1. The summed E-state index contributed by atoms with van der Waals surface area (Å²) in [6, 6.07) is 9.48. The van der Waals surface area contributed by atoms with Crippen molar-refractivity contribution in [3.05, 3.63) is 30.3 Å². The van der Waals surface area contributed by atoms with E-state index in [0.29, 0.717) is 19.4 Å². The van der Waals surface area contributed by atoms with Crippen molar-refractivity contribution < 1.29 is 10.0 Å². The van der Waals surface area contributed by atoms with Gasteiger partial charge in [-0.15, -0.1) is 0 Å². The third-order valence-electron chi connectivity index (χ3n) is 3.08. The van der Waals surface area contributed by atoms with Gasteiger partial charge in [0.1, 0.15) is 5.84 Å². The lowest BCUT2D eigenvalue weighted by atomic mass is 10.1. The number of amidine groups is 1. The van der Waals surface area contributed by atoms with Crippen molar-refractivity contribution in [2.24, 2.45) is 10.9 Å². The van der Waals surface area contributed by atoms with Crippen LogP contribution < -0.4 is 10.6 Å². The van der Waals surface area contributed by atoms with E-state index in [1.54, 1.807) is 4.90 Å². The fourth-order valence-corrected chi connectivity index (χ4v) is 1.94. The maximum atomic E-state index is 12.3. The van der Waals surface area contributed by atoms with Crippen LogP contribution in [0.3, 0.4) is 0 Å². The number of para-hydroxylation sites is 1. The van der Waals surface area contributed by atoms with Gasteiger partial charge in [0.05, 0.1) is 0 Å². The summed E-state index contributed by atoms with van der Waals surface area (Å²) in [6.45, 7) is 2.53. The molecule has 0 aliphatic carbocycles. The van der Waals surface area contributed by atoms with Gasteiger partial charge in [-0.1, -0.05) is 43.1 Å². The Balaban J connectivity index is 2.71. The molecule has 0 spiro atoms. The Kier molecular flexibility index (Phi) is 7.17. The molecule has 20 heavy (non-hydrogen) atoms. The molecular weight excluding hydrogens is 254 g/mol. The molecule has 0 aliphatic rings. The second-order valence-corrected chi connectivity index (χ2v) is 4.68. The average Bonchev–Trinajstić information content (AvgIpc) is 2.48. The maximum Gasteiger partial charge on any atom is 0.226 e. The molecule has 1 aromatic rings. The highest BCUT2D eigenvalue weighted by Crippen LogP contribution is 2.16. The number of anilines is 1. The molecule has 0 unspecified atom stereocenters. The van der Waals surface area contributed by atoms with E-state index in [-0.39, 0.29) is 11.7 Å². The first-order chi connectivity index (χ1) is 9.69. The minimum absolute atomic E-state index is 0.0791. The molecular formula is C15H23N3O2. The van der Waals surface area contributed by atoms with Gasteiger partial charge in [-0.05, 0) is 18.6 Å². The molecule has 0 fully saturated rings. The minimum Gasteiger partial charge on any atom is -0.409 e. The van der Waals surface area contributed by atoms with Crippen molar-refractivity contribution in [2.45, 2.75) is 39.0 Å². The number of unbranched alkanes of at least 4 members (excludes halogenated alkanes) is 2. The van der Waals surface area contributed by atoms with Gasteiger partial charge in [-0.3, -0.25) is 4.79 Å². The zero-order chi connectivity index (χ0) is 14.8. The number of rotatable bonds is 8. The number of hydrogen-bond acceptors (Lipinski definition) is 3. The highest BCUT2D eigenvalue weighted by atomic mass is 16.4. The van der Waals surface area contributed by atoms with Crippen molar-refractivity contribution in [1.82, 2.24) is 0 Å². The summed E-state index contributed by atoms with van der Waals surface area (Å²) in [7, 11) is 0. The van der Waals surface area contributed by atoms with Crippen LogP contribution in [0.25, 0.3) is 0 Å². The molecule has 110 valence electrons. The van der Waals surface area contributed by atoms with Crippen LogP contribution in [-0.4, -0.2) is 23.5 Å². The van der Waals surface area contributed by atoms with Gasteiger partial charge in [-0.25, -0.2) is 0 Å². The summed E-state index contributed by atoms with van der Waals surface area (Å²) < 4.78 is 0. The van der Waals surface area contributed by atoms with Crippen LogP contribution in [0, 0.1) is 0 Å². The lowest BCUT2D eigenvalue weighted by Crippen LogP contribution is -2.34. The summed E-state index contributed by atoms with van der Waals surface area (Å²) in [5, 5.41) is 11.5. The van der Waals surface area contributed by atoms with Crippen molar-refractivity contribution >= 4 is 17.4 Å². The first-order valence-corrected chi connectivity index (χ1v) is 7.00. The van der Waals surface area contributed by atoms with E-state index in [1.807, 2.05) is 30.3 Å². The van der Waals surface area contributed by atoms with E-state index < -0.39 is 0 Å². The molecule has 3 N–H and O–H groups in total. The molecule has 0 heterocycles. The number of carbonyl (C=O) groups excluding carboxylic acids is 1. The van der Waals surface area contributed by atoms with Crippen molar-refractivity contribution in [1.29, 1.82) is 0 Å². The number of amides is 1. The van der Waals surface area contributed by atoms with Gasteiger partial charge >= 0.3 is 0 Å². The van der Waals surface area contributed by atoms with Crippen LogP contribution in [0.4, 0.5) is 5.69 Å². The molecule has 0 saturated carbocycles. The molecule has 5 heteroatoms. The third-order valence-corrected chi connectivity index (χ3v) is 3.08. The molecule has 0 atom stereocenters. The zero-order valence-corrected chi connectivity index (χ0v) is 12.0. The topological polar surface area (TPSA) is 78.9 Å². The minimum atomic E-state index is 0.0791. The molecule has 0 bridgehead atoms. The largest absolute Gasteiger partial charge is 0.409 e. The van der Waals surface area contributed by atoms with Crippen LogP contribution in [-0.2, 0) is 4.79 Å². The Morgan fingerprint density at radius 2 is 1.95 bits per heavy atom. The van der Waals surface area contributed by atoms with Crippen LogP contribution in [0.1, 0.15) is 39.0 Å². The second kappa shape index (κ2) is 8.96. The van der Waals surface area contributed by atoms with E-state index in [4.69, 9.17) is 10.9 Å². The van der Waals surface area contributed by atoms with Gasteiger partial charge < -0.3 is 15.8 Å². The van der Waals surface area contributed by atoms with Crippen LogP contribution in [0.15, 0.2) is 35.5 Å². The van der Waals surface area contributed by atoms with Gasteiger partial charge in [0, 0.05) is 25.1 Å². The number of hydrogen-bond donors (Lipinski definition) is 2. The van der Waals surface area contributed by atoms with Crippen molar-refractivity contribution in [2.75, 3.05) is 11.4 Å². The van der Waals surface area contributed by atoms with Crippen LogP contribution >= 0.6 is 0 Å². The fourth-order valence-electron chi connectivity index (χ4n) is 1.94. The van der Waals surface area contributed by atoms with E-state index >= 15 is 0 Å². The fraction of sp³-hybridized carbons (Fsp3) is 0.467. The Labute approximate surface area is 120 Å². The molecule has 0 aromatic heterocycles. The van der Waals surface area contributed by atoms with Gasteiger partial charge in [-0.2, -0.15) is 0 Å². The van der Waals surface area contributed by atoms with E-state index in [9.17, 15) is 4.79 Å². The van der Waals surface area contributed by atoms with Crippen LogP contribution in [0.5, 0.6) is 0 Å². The molecule has 0 radical (unpaired) electrons. The summed E-state index contributed by atoms with van der Waals surface area (Å²) in [5.41, 5.74) is 6.33. The standard InChI is InChI=1S/C15H23N3O2/c1-2-3-5-10-15(19)18(12-11-14(16)17-20)13-8-6-4-7-9-13/h4,6-9,20H,2-3,5,10-12H2,1H3,(H2,16,17). The number of oxime groups is 1. The summed E-state index contributed by atoms with van der Waals surface area (Å²) in [5.74, 6) is 0.211. The Morgan fingerprint density at radius 1 is 1.25 bits per heavy atom. The average molecular weight is 277 g/mol. The summed E-state index contributed by atoms with van der Waals surface area (Å²) in [4.78, 5) is 14.0. The molecule has 1 aromatic carbocycles. The van der Waals surface area contributed by atoms with Gasteiger partial charge in [0.15, 0.2) is 0 Å². The van der Waals surface area contributed by atoms with E-state index in [1.165, 1.54) is 0 Å². The lowest BCUT2D eigenvalue weighted by molar-refractivity contribution is -0.118. The smallest absolute Gasteiger partial charge is 0.226 e. The monoisotopic (exact) mass is 277 g/mol. The molecule has 0 aliphatic heterocycles. The molecule has 1 amide bonds. The van der Waals surface area contributed by atoms with Crippen molar-refractivity contribution in [3.63, 3.8) is 0 Å². The number of carbonyl (C=O) groups is 1. The zero-order valence-electron chi connectivity index (χ0n) is 12.0. The van der Waals surface area contributed by atoms with E-state index in [0.717, 1.165) is 24.9 Å². The summed E-state index contributed by atoms with van der Waals surface area (Å²) in [6.07, 6.45) is 3.91. The number of nitrogens with two attached hydrogens (primary N) is 1. The van der Waals surface area contributed by atoms with E-state index in [2.05, 4.69) is 12.1 Å². The Morgan fingerprint density at radius 3 is 2.55 bits per heavy atom. The van der Waals surface area contributed by atoms with Gasteiger partial charge in [0.2, 0.25) is 5.91 Å². The predicted octanol–water partition coefficient (Wildman–Crippen LogP) is 2.74. The van der Waals surface area contributed by atoms with Crippen LogP contribution in [0.2, 0.25) is 0 Å². The number of nitrogens with zero attached hydrogens (tertiary/aromatic N) is 2. The molecule has 0 saturated heterocycles. The quantitative estimate of drug-likeness (QED) is 0.252. The lowest BCUT2D eigenvalue weighted by Gasteiger charge is -2.22. The molecule has 5 nitrogen and oxygen atoms in total. The predicted molar refractivity (Wildman–Crippen MR) is 81.0 cm³/mol. The normalized spacial score (nSPS) is 11.3. The number of benzene rings is 1. The van der Waals surface area contributed by atoms with Gasteiger partial charge in [0.25, 0.3) is 0 Å². The molecule has 1 rings (SSSR count). The Bertz CT molecular complexity index is 432. The Hall–Kier alpha value is -2.04. The highest BCUT2D eigenvalue weighted by Gasteiger charge is 2.15. The highest BCUT2D eigenvalue weighted by molar-refractivity contribution is 5.94.